The molecule has 688 valence electrons. The van der Waals surface area contributed by atoms with Crippen LogP contribution in [-0.2, 0) is 21.7 Å². The van der Waals surface area contributed by atoms with E-state index in [0.29, 0.717) is 23.4 Å². The first-order chi connectivity index (χ1) is 70.3. The fourth-order valence-electron chi connectivity index (χ4n) is 23.8. The van der Waals surface area contributed by atoms with Crippen LogP contribution in [0.3, 0.4) is 0 Å². The highest BCUT2D eigenvalue weighted by Crippen LogP contribution is 2.57. The largest absolute Gasteiger partial charge is 0.309 e. The number of rotatable bonds is 9. The van der Waals surface area contributed by atoms with Crippen molar-refractivity contribution >= 4 is 87.2 Å². The standard InChI is InChI=1S/C37H28N4.C36H26N4.C30H22N4.C25H20N4/c1-23-26(13-9-14-27(23)36-39-21-38-22-40-36)24-16-17-34-30(18-24)31-19-29-28-12-7-8-15-32(28)37(2,3)33(29)20-35(31)41(34)25-10-5-4-6-11-25;1-36(2)31-14-7-6-13-27(31)28-19-30-29-18-24(23-9-8-10-25(17-23)35-38-21-37-22-39-35)15-16-33(29)40(34(30)20-32(28)36)26-11-4-3-5-12-26;1-30(2)25-11-7-6-10-21(25)22-15-24-23-14-19(29-32-17-31-18-33-29)12-13-27(23)34(28(24)16-26(22)30)20-8-4-3-5-9-20;1-15-8-9-22-18(10-15)19-11-17-16-6-4-5-7-20(16)25(2,3)21(17)12-23(19)29(22)24-27-13-26-14-28-24/h4-22H,1-3H3;3-22H,1-2H3;3-18H,1-2H3;4-14H,1-3H3. The Bertz CT molecular complexity index is 9520. The molecule has 0 amide bonds. The predicted molar refractivity (Wildman–Crippen MR) is 584 cm³/mol. The number of aromatic nitrogens is 16. The van der Waals surface area contributed by atoms with Gasteiger partial charge in [0.05, 0.1) is 44.1 Å². The van der Waals surface area contributed by atoms with E-state index in [4.69, 9.17) is 0 Å². The number of hydrogen-bond acceptors (Lipinski definition) is 12. The zero-order valence-corrected chi connectivity index (χ0v) is 81.3. The molecule has 8 aromatic heterocycles. The molecule has 16 nitrogen and oxygen atoms in total. The molecule has 0 N–H and O–H groups in total. The van der Waals surface area contributed by atoms with Gasteiger partial charge in [0.2, 0.25) is 5.95 Å². The second-order valence-corrected chi connectivity index (χ2v) is 40.3. The molecule has 0 bridgehead atoms. The smallest absolute Gasteiger partial charge is 0.237 e. The molecule has 8 heterocycles. The van der Waals surface area contributed by atoms with Crippen LogP contribution in [0.1, 0.15) is 111 Å². The number of para-hydroxylation sites is 3. The van der Waals surface area contributed by atoms with Crippen molar-refractivity contribution in [3.05, 3.63) is 458 Å². The van der Waals surface area contributed by atoms with Gasteiger partial charge in [0.15, 0.2) is 17.5 Å². The third-order valence-electron chi connectivity index (χ3n) is 30.8. The van der Waals surface area contributed by atoms with E-state index >= 15 is 0 Å². The van der Waals surface area contributed by atoms with Crippen LogP contribution in [0.25, 0.3) is 211 Å². The molecule has 0 fully saturated rings. The lowest BCUT2D eigenvalue weighted by Gasteiger charge is -2.21. The SMILES string of the molecule is CC1(C)c2ccccc2-c2cc3c4cc(-c5cccc(-c6ncncn6)c5)ccc4n(-c4ccccc4)c3cc21.CC1(C)c2ccccc2-c2cc3c4cc(-c5ncncn5)ccc4n(-c4ccccc4)c3cc21.Cc1c(-c2ccc3c(c2)c2cc4c(cc2n3-c2ccccc2)C(C)(C)c2ccccc2-4)cccc1-c1ncncn1.Cc1ccc2c(c1)c1cc3c(cc1n2-c1ncncn1)C(C)(C)c1ccccc1-3. The van der Waals surface area contributed by atoms with Crippen LogP contribution in [0.2, 0.25) is 0 Å². The van der Waals surface area contributed by atoms with Gasteiger partial charge in [0, 0.05) is 98.5 Å². The molecule has 0 saturated heterocycles. The quantitative estimate of drug-likeness (QED) is 0.134. The van der Waals surface area contributed by atoms with E-state index in [1.54, 1.807) is 38.0 Å². The highest BCUT2D eigenvalue weighted by molar-refractivity contribution is 6.17. The maximum absolute atomic E-state index is 4.45. The summed E-state index contributed by atoms with van der Waals surface area (Å²) >= 11 is 0. The number of benzene rings is 17. The summed E-state index contributed by atoms with van der Waals surface area (Å²) in [6.45, 7) is 22.9. The first kappa shape index (κ1) is 86.3. The molecule has 4 aliphatic rings. The number of aryl methyl sites for hydroxylation is 1. The zero-order valence-electron chi connectivity index (χ0n) is 81.3. The Morgan fingerprint density at radius 3 is 0.868 bits per heavy atom. The minimum absolute atomic E-state index is 0.0452. The Hall–Kier alpha value is -18.0. The van der Waals surface area contributed by atoms with Gasteiger partial charge in [-0.15, -0.1) is 0 Å². The van der Waals surface area contributed by atoms with Gasteiger partial charge in [-0.1, -0.05) is 267 Å². The Kier molecular flexibility index (Phi) is 20.0. The van der Waals surface area contributed by atoms with Gasteiger partial charge in [0.1, 0.15) is 50.6 Å². The van der Waals surface area contributed by atoms with Crippen molar-refractivity contribution < 1.29 is 0 Å². The van der Waals surface area contributed by atoms with Crippen LogP contribution in [0.5, 0.6) is 0 Å². The summed E-state index contributed by atoms with van der Waals surface area (Å²) < 4.78 is 9.36. The van der Waals surface area contributed by atoms with E-state index in [1.165, 1.54) is 206 Å². The van der Waals surface area contributed by atoms with Gasteiger partial charge in [-0.05, 0) is 276 Å². The zero-order chi connectivity index (χ0) is 97.2. The van der Waals surface area contributed by atoms with Crippen molar-refractivity contribution in [2.24, 2.45) is 0 Å². The Morgan fingerprint density at radius 2 is 0.458 bits per heavy atom. The molecule has 144 heavy (non-hydrogen) atoms. The maximum Gasteiger partial charge on any atom is 0.237 e. The summed E-state index contributed by atoms with van der Waals surface area (Å²) in [5.74, 6) is 2.70. The number of nitrogens with zero attached hydrogens (tertiary/aromatic N) is 16. The molecule has 4 aliphatic carbocycles. The van der Waals surface area contributed by atoms with Crippen LogP contribution in [0.4, 0.5) is 0 Å². The van der Waals surface area contributed by atoms with Crippen LogP contribution >= 0.6 is 0 Å². The third kappa shape index (κ3) is 13.7. The van der Waals surface area contributed by atoms with Gasteiger partial charge >= 0.3 is 0 Å². The predicted octanol–water partition coefficient (Wildman–Crippen LogP) is 30.1. The van der Waals surface area contributed by atoms with Gasteiger partial charge in [-0.25, -0.2) is 59.8 Å². The molecule has 0 spiro atoms. The Balaban J connectivity index is 0.0000000987. The average molecular weight is 1860 g/mol. The molecule has 16 heteroatoms. The molecular weight excluding hydrogens is 1760 g/mol. The summed E-state index contributed by atoms with van der Waals surface area (Å²) in [5, 5.41) is 9.91. The minimum atomic E-state index is -0.0597. The average Bonchev–Trinajstić information content (AvgIpc) is 1.56. The maximum atomic E-state index is 4.45. The third-order valence-corrected chi connectivity index (χ3v) is 30.8. The highest BCUT2D eigenvalue weighted by Gasteiger charge is 2.41. The van der Waals surface area contributed by atoms with E-state index in [2.05, 4.69) is 493 Å². The summed E-state index contributed by atoms with van der Waals surface area (Å²) in [6, 6.07) is 128. The summed E-state index contributed by atoms with van der Waals surface area (Å²) in [6.07, 6.45) is 12.4. The molecule has 0 aliphatic heterocycles. The van der Waals surface area contributed by atoms with E-state index in [0.717, 1.165) is 50.1 Å². The van der Waals surface area contributed by atoms with Crippen molar-refractivity contribution in [2.75, 3.05) is 0 Å². The monoisotopic (exact) mass is 1860 g/mol. The van der Waals surface area contributed by atoms with Crippen LogP contribution < -0.4 is 0 Å². The van der Waals surface area contributed by atoms with Gasteiger partial charge in [-0.3, -0.25) is 4.57 Å². The molecule has 0 saturated carbocycles. The Labute approximate surface area is 832 Å². The molecular formula is C128H96N16. The lowest BCUT2D eigenvalue weighted by atomic mass is 9.82. The number of hydrogen-bond donors (Lipinski definition) is 0. The molecule has 25 aromatic rings. The van der Waals surface area contributed by atoms with Crippen molar-refractivity contribution in [1.29, 1.82) is 0 Å². The number of fused-ring (bicyclic) bond motifs is 24. The Morgan fingerprint density at radius 1 is 0.181 bits per heavy atom. The normalized spacial score (nSPS) is 13.7. The van der Waals surface area contributed by atoms with E-state index in [-0.39, 0.29) is 21.7 Å². The fourth-order valence-corrected chi connectivity index (χ4v) is 23.8. The topological polar surface area (TPSA) is 174 Å². The van der Waals surface area contributed by atoms with Crippen molar-refractivity contribution in [3.63, 3.8) is 0 Å². The van der Waals surface area contributed by atoms with Gasteiger partial charge < -0.3 is 13.7 Å². The molecule has 17 aromatic carbocycles. The highest BCUT2D eigenvalue weighted by atomic mass is 15.2. The minimum Gasteiger partial charge on any atom is -0.309 e. The van der Waals surface area contributed by atoms with Gasteiger partial charge in [-0.2, -0.15) is 0 Å². The lowest BCUT2D eigenvalue weighted by molar-refractivity contribution is 0.661. The summed E-state index contributed by atoms with van der Waals surface area (Å²) in [7, 11) is 0. The van der Waals surface area contributed by atoms with Crippen LogP contribution in [-0.4, -0.2) is 78.1 Å². The molecule has 29 rings (SSSR count). The van der Waals surface area contributed by atoms with Crippen LogP contribution in [0, 0.1) is 13.8 Å². The van der Waals surface area contributed by atoms with E-state index in [9.17, 15) is 0 Å². The van der Waals surface area contributed by atoms with E-state index < -0.39 is 0 Å². The first-order valence-corrected chi connectivity index (χ1v) is 49.0. The fraction of sp³-hybridized carbons (Fsp3) is 0.109. The van der Waals surface area contributed by atoms with Gasteiger partial charge in [0.25, 0.3) is 0 Å². The van der Waals surface area contributed by atoms with E-state index in [1.807, 2.05) is 6.07 Å². The molecule has 0 unspecified atom stereocenters. The molecule has 0 atom stereocenters. The van der Waals surface area contributed by atoms with Crippen LogP contribution in [0.15, 0.2) is 402 Å². The lowest BCUT2D eigenvalue weighted by Crippen LogP contribution is -2.15. The van der Waals surface area contributed by atoms with Crippen molar-refractivity contribution in [3.8, 4) is 124 Å². The second kappa shape index (κ2) is 33.4. The second-order valence-electron chi connectivity index (χ2n) is 40.3. The van der Waals surface area contributed by atoms with Crippen molar-refractivity contribution in [2.45, 2.75) is 90.9 Å². The molecule has 0 radical (unpaired) electrons. The summed E-state index contributed by atoms with van der Waals surface area (Å²) in [5.41, 5.74) is 44.6. The first-order valence-electron chi connectivity index (χ1n) is 49.0. The van der Waals surface area contributed by atoms with Crippen molar-refractivity contribution in [1.82, 2.24) is 78.1 Å². The summed E-state index contributed by atoms with van der Waals surface area (Å²) in [4.78, 5) is 51.1.